The number of alkyl halides is 2. The molecule has 1 fully saturated rings. The van der Waals surface area contributed by atoms with Crippen LogP contribution in [-0.2, 0) is 34.4 Å². The highest BCUT2D eigenvalue weighted by Gasteiger charge is 2.44. The number of carbonyl (C=O) groups excluding carboxylic acids is 3. The highest BCUT2D eigenvalue weighted by atomic mass is 32.1. The number of aliphatic hydroxyl groups is 1. The van der Waals surface area contributed by atoms with Gasteiger partial charge in [-0.1, -0.05) is 51.5 Å². The minimum Gasteiger partial charge on any atom is -0.497 e. The van der Waals surface area contributed by atoms with Crippen molar-refractivity contribution in [2.24, 2.45) is 12.5 Å². The fourth-order valence-corrected chi connectivity index (χ4v) is 10.8. The van der Waals surface area contributed by atoms with Crippen LogP contribution in [0.15, 0.2) is 77.3 Å². The number of aromatic nitrogens is 4. The molecule has 4 atom stereocenters. The molecular formula is C54H64F2N8O6S. The average molecular weight is 991 g/mol. The first-order valence-electron chi connectivity index (χ1n) is 24.3. The number of hydrogen-bond acceptors (Lipinski definition) is 10. The Hall–Kier alpha value is -6.46. The number of methoxy groups -OCH3 is 1. The van der Waals surface area contributed by atoms with Crippen LogP contribution in [0.5, 0.6) is 5.75 Å². The number of anilines is 2. The molecule has 3 aromatic carbocycles. The van der Waals surface area contributed by atoms with Crippen LogP contribution in [0.1, 0.15) is 107 Å². The van der Waals surface area contributed by atoms with Gasteiger partial charge in [0.05, 0.1) is 52.7 Å². The van der Waals surface area contributed by atoms with Crippen LogP contribution >= 0.6 is 11.3 Å². The van der Waals surface area contributed by atoms with Crippen molar-refractivity contribution < 1.29 is 33.0 Å². The Labute approximate surface area is 417 Å². The summed E-state index contributed by atoms with van der Waals surface area (Å²) < 4.78 is 38.9. The smallest absolute Gasteiger partial charge is 0.264 e. The third-order valence-corrected chi connectivity index (χ3v) is 14.9. The lowest BCUT2D eigenvalue weighted by Gasteiger charge is -2.35. The summed E-state index contributed by atoms with van der Waals surface area (Å²) in [6.07, 6.45) is 3.40. The van der Waals surface area contributed by atoms with E-state index >= 15 is 0 Å². The second-order valence-electron chi connectivity index (χ2n) is 20.1. The van der Waals surface area contributed by atoms with Crippen molar-refractivity contribution in [1.82, 2.24) is 34.9 Å². The molecule has 0 unspecified atom stereocenters. The molecule has 2 aliphatic heterocycles. The Kier molecular flexibility index (Phi) is 15.1. The van der Waals surface area contributed by atoms with Gasteiger partial charge in [0.25, 0.3) is 12.0 Å². The molecule has 1 saturated heterocycles. The van der Waals surface area contributed by atoms with Gasteiger partial charge in [-0.2, -0.15) is 5.10 Å². The quantitative estimate of drug-likeness (QED) is 0.0803. The van der Waals surface area contributed by atoms with Gasteiger partial charge in [-0.15, -0.1) is 11.3 Å². The van der Waals surface area contributed by atoms with E-state index in [1.807, 2.05) is 88.7 Å². The van der Waals surface area contributed by atoms with Crippen molar-refractivity contribution in [3.8, 4) is 27.3 Å². The van der Waals surface area contributed by atoms with Crippen molar-refractivity contribution >= 4 is 51.3 Å². The molecule has 0 bridgehead atoms. The Morgan fingerprint density at radius 1 is 0.986 bits per heavy atom. The standard InChI is InChI=1S/C54H64F2N8O6S/c1-31-21-42-44(61(7)52(31)68)24-39(70-8)25-45(42)63-20-12-13-36-22-40(41(50(55)56)26-43(36)63)37-27-58-62(28-37)19-11-9-10-14-47(66)60-49(54(4,5)6)53(69)64-29-38(65)23-46(64)51(67)59-32(2)34-15-17-35(18-16-34)48-33(3)57-30-71-48/h15-18,21-22,24-28,30,32,38,46,49-50,65H,9-14,19-20,23,29H2,1-8H3,(H,59,67)(H,60,66)/t32-,38+,46-,49+/m0/s1. The maximum absolute atomic E-state index is 15.0. The van der Waals surface area contributed by atoms with Crippen LogP contribution in [0.3, 0.4) is 0 Å². The maximum Gasteiger partial charge on any atom is 0.264 e. The van der Waals surface area contributed by atoms with Gasteiger partial charge < -0.3 is 34.8 Å². The number of aryl methyl sites for hydroxylation is 5. The maximum atomic E-state index is 15.0. The highest BCUT2D eigenvalue weighted by Crippen LogP contribution is 2.44. The van der Waals surface area contributed by atoms with E-state index in [0.29, 0.717) is 72.4 Å². The molecule has 8 rings (SSSR count). The highest BCUT2D eigenvalue weighted by molar-refractivity contribution is 7.13. The predicted octanol–water partition coefficient (Wildman–Crippen LogP) is 9.10. The van der Waals surface area contributed by atoms with Gasteiger partial charge >= 0.3 is 0 Å². The van der Waals surface area contributed by atoms with Crippen LogP contribution in [0, 0.1) is 19.3 Å². The largest absolute Gasteiger partial charge is 0.497 e. The molecule has 3 aromatic heterocycles. The second kappa shape index (κ2) is 21.1. The number of pyridine rings is 1. The van der Waals surface area contributed by atoms with E-state index in [-0.39, 0.29) is 48.4 Å². The third kappa shape index (κ3) is 10.9. The van der Waals surface area contributed by atoms with Gasteiger partial charge in [0, 0.05) is 85.6 Å². The molecule has 0 spiro atoms. The lowest BCUT2D eigenvalue weighted by molar-refractivity contribution is -0.144. The lowest BCUT2D eigenvalue weighted by atomic mass is 9.85. The van der Waals surface area contributed by atoms with Gasteiger partial charge in [-0.3, -0.25) is 23.9 Å². The summed E-state index contributed by atoms with van der Waals surface area (Å²) in [5.74, 6) is -0.528. The number of benzene rings is 3. The van der Waals surface area contributed by atoms with Crippen LogP contribution in [-0.4, -0.2) is 85.4 Å². The summed E-state index contributed by atoms with van der Waals surface area (Å²) in [7, 11) is 3.28. The molecule has 2 aliphatic rings. The van der Waals surface area contributed by atoms with Crippen LogP contribution < -0.4 is 25.8 Å². The van der Waals surface area contributed by atoms with E-state index in [0.717, 1.165) is 44.8 Å². The first-order valence-corrected chi connectivity index (χ1v) is 25.2. The number of thiazole rings is 1. The van der Waals surface area contributed by atoms with E-state index in [2.05, 4.69) is 25.6 Å². The molecule has 3 amide bonds. The van der Waals surface area contributed by atoms with Crippen LogP contribution in [0.2, 0.25) is 0 Å². The summed E-state index contributed by atoms with van der Waals surface area (Å²) in [6, 6.07) is 14.7. The van der Waals surface area contributed by atoms with E-state index in [1.54, 1.807) is 60.1 Å². The first-order chi connectivity index (χ1) is 33.8. The summed E-state index contributed by atoms with van der Waals surface area (Å²) in [5, 5.41) is 22.0. The number of amides is 3. The molecule has 71 heavy (non-hydrogen) atoms. The summed E-state index contributed by atoms with van der Waals surface area (Å²) in [5.41, 5.74) is 8.48. The summed E-state index contributed by atoms with van der Waals surface area (Å²) in [4.78, 5) is 63.1. The Morgan fingerprint density at radius 3 is 2.44 bits per heavy atom. The molecule has 6 aromatic rings. The van der Waals surface area contributed by atoms with Gasteiger partial charge in [-0.25, -0.2) is 13.8 Å². The first kappa shape index (κ1) is 50.9. The van der Waals surface area contributed by atoms with Crippen molar-refractivity contribution in [1.29, 1.82) is 0 Å². The number of hydrogen-bond donors (Lipinski definition) is 3. The molecule has 0 aliphatic carbocycles. The Balaban J connectivity index is 0.869. The number of fused-ring (bicyclic) bond motifs is 2. The molecule has 14 nitrogen and oxygen atoms in total. The van der Waals surface area contributed by atoms with Crippen LogP contribution in [0.25, 0.3) is 32.5 Å². The van der Waals surface area contributed by atoms with Crippen molar-refractivity contribution in [3.05, 3.63) is 111 Å². The molecule has 0 radical (unpaired) electrons. The Morgan fingerprint density at radius 2 is 1.75 bits per heavy atom. The minimum absolute atomic E-state index is 0.0210. The number of rotatable bonds is 16. The molecule has 376 valence electrons. The predicted molar refractivity (Wildman–Crippen MR) is 273 cm³/mol. The summed E-state index contributed by atoms with van der Waals surface area (Å²) in [6.45, 7) is 12.3. The number of likely N-dealkylation sites (tertiary alicyclic amines) is 1. The number of carbonyl (C=O) groups is 3. The number of ether oxygens (including phenoxy) is 1. The number of halogens is 2. The molecule has 17 heteroatoms. The Bertz CT molecular complexity index is 3000. The fraction of sp³-hybridized carbons (Fsp3) is 0.444. The van der Waals surface area contributed by atoms with Crippen molar-refractivity contribution in [2.45, 2.75) is 124 Å². The van der Waals surface area contributed by atoms with E-state index < -0.39 is 35.9 Å². The van der Waals surface area contributed by atoms with Gasteiger partial charge in [-0.05, 0) is 92.3 Å². The second-order valence-corrected chi connectivity index (χ2v) is 20.9. The number of nitrogens with one attached hydrogen (secondary N) is 2. The normalized spacial score (nSPS) is 16.8. The minimum atomic E-state index is -2.75. The van der Waals surface area contributed by atoms with Crippen molar-refractivity contribution in [3.63, 3.8) is 0 Å². The number of unbranched alkanes of at least 4 members (excludes halogenated alkanes) is 2. The topological polar surface area (TPSA) is 164 Å². The fourth-order valence-electron chi connectivity index (χ4n) is 9.96. The summed E-state index contributed by atoms with van der Waals surface area (Å²) >= 11 is 1.57. The van der Waals surface area contributed by atoms with Crippen LogP contribution in [0.4, 0.5) is 20.2 Å². The number of β-amino-alcohol motifs (C(OH)–C–C–N with tert-alkyl or cyclic N) is 1. The van der Waals surface area contributed by atoms with Crippen molar-refractivity contribution in [2.75, 3.05) is 25.1 Å². The average Bonchev–Trinajstić information content (AvgIpc) is 4.11. The monoisotopic (exact) mass is 990 g/mol. The molecule has 3 N–H and O–H groups in total. The molecule has 5 heterocycles. The zero-order chi connectivity index (χ0) is 50.9. The van der Waals surface area contributed by atoms with E-state index in [1.165, 1.54) is 4.90 Å². The zero-order valence-corrected chi connectivity index (χ0v) is 42.5. The SMILES string of the molecule is COc1cc(N2CCCc3cc(-c4cnn(CCCCCC(=O)N[C@H](C(=O)N5C[C@H](O)C[C@H]5C(=O)N[C@@H](C)c5ccc(-c6scnc6C)cc5)C(C)(C)C)c4)c(C(F)F)cc32)c2cc(C)c(=O)n(C)c2c1. The van der Waals surface area contributed by atoms with Gasteiger partial charge in [0.1, 0.15) is 17.8 Å². The molecule has 0 saturated carbocycles. The van der Waals surface area contributed by atoms with Gasteiger partial charge in [0.2, 0.25) is 17.7 Å². The lowest BCUT2D eigenvalue weighted by Crippen LogP contribution is -2.57. The van der Waals surface area contributed by atoms with Gasteiger partial charge in [0.15, 0.2) is 0 Å². The van der Waals surface area contributed by atoms with E-state index in [4.69, 9.17) is 4.74 Å². The zero-order valence-electron chi connectivity index (χ0n) is 41.7. The third-order valence-electron chi connectivity index (χ3n) is 13.9. The molecular weight excluding hydrogens is 927 g/mol. The van der Waals surface area contributed by atoms with E-state index in [9.17, 15) is 33.1 Å². The number of nitrogens with zero attached hydrogens (tertiary/aromatic N) is 6. The number of aliphatic hydroxyl groups excluding tert-OH is 1.